The van der Waals surface area contributed by atoms with Crippen LogP contribution in [0.4, 0.5) is 0 Å². The van der Waals surface area contributed by atoms with Crippen LogP contribution in [0.25, 0.3) is 0 Å². The van der Waals surface area contributed by atoms with Crippen molar-refractivity contribution in [3.63, 3.8) is 0 Å². The molecule has 0 spiro atoms. The number of esters is 1. The Morgan fingerprint density at radius 3 is 2.45 bits per heavy atom. The minimum Gasteiger partial charge on any atom is -0.465 e. The SMILES string of the molecule is COC(=O)c1ccc(CN=C(NCCc2cccs2)NCC(=O)N(C)C)cc1.I. The standard InChI is InChI=1S/C20H26N4O3S.HI/c1-24(2)18(25)14-23-20(21-11-10-17-5-4-12-28-17)22-13-15-6-8-16(9-7-15)19(26)27-3;/h4-9,12H,10-11,13-14H2,1-3H3,(H2,21,22,23);1H. The molecular weight excluding hydrogens is 503 g/mol. The molecule has 9 heteroatoms. The van der Waals surface area contributed by atoms with Crippen LogP contribution in [0.15, 0.2) is 46.8 Å². The summed E-state index contributed by atoms with van der Waals surface area (Å²) >= 11 is 1.71. The predicted molar refractivity (Wildman–Crippen MR) is 127 cm³/mol. The maximum Gasteiger partial charge on any atom is 0.337 e. The van der Waals surface area contributed by atoms with Crippen LogP contribution in [0, 0.1) is 0 Å². The summed E-state index contributed by atoms with van der Waals surface area (Å²) in [6.45, 7) is 1.30. The molecule has 1 aromatic carbocycles. The topological polar surface area (TPSA) is 83.0 Å². The Kier molecular flexibility index (Phi) is 11.3. The number of rotatable bonds is 8. The van der Waals surface area contributed by atoms with E-state index in [4.69, 9.17) is 4.74 Å². The molecule has 0 aliphatic rings. The van der Waals surface area contributed by atoms with Crippen molar-refractivity contribution < 1.29 is 14.3 Å². The van der Waals surface area contributed by atoms with Crippen molar-refractivity contribution >= 4 is 53.1 Å². The molecule has 0 unspecified atom stereocenters. The molecule has 0 fully saturated rings. The van der Waals surface area contributed by atoms with Gasteiger partial charge in [0.05, 0.1) is 25.8 Å². The van der Waals surface area contributed by atoms with E-state index >= 15 is 0 Å². The number of ether oxygens (including phenoxy) is 1. The fourth-order valence-electron chi connectivity index (χ4n) is 2.29. The molecule has 1 aromatic heterocycles. The summed E-state index contributed by atoms with van der Waals surface area (Å²) in [5.41, 5.74) is 1.45. The third kappa shape index (κ3) is 8.82. The van der Waals surface area contributed by atoms with Gasteiger partial charge in [0.15, 0.2) is 5.96 Å². The number of halogens is 1. The van der Waals surface area contributed by atoms with Gasteiger partial charge in [-0.25, -0.2) is 9.79 Å². The molecule has 2 aromatic rings. The molecule has 2 rings (SSSR count). The van der Waals surface area contributed by atoms with Crippen LogP contribution in [0.3, 0.4) is 0 Å². The Hall–Kier alpha value is -2.14. The van der Waals surface area contributed by atoms with Crippen LogP contribution >= 0.6 is 35.3 Å². The summed E-state index contributed by atoms with van der Waals surface area (Å²) in [7, 11) is 4.79. The lowest BCUT2D eigenvalue weighted by Crippen LogP contribution is -2.43. The summed E-state index contributed by atoms with van der Waals surface area (Å²) in [5, 5.41) is 8.38. The summed E-state index contributed by atoms with van der Waals surface area (Å²) < 4.78 is 4.70. The van der Waals surface area contributed by atoms with E-state index in [0.29, 0.717) is 24.6 Å². The average Bonchev–Trinajstić information content (AvgIpc) is 3.22. The number of carbonyl (C=O) groups excluding carboxylic acids is 2. The molecule has 158 valence electrons. The number of hydrogen-bond acceptors (Lipinski definition) is 5. The molecule has 7 nitrogen and oxygen atoms in total. The first-order valence-corrected chi connectivity index (χ1v) is 9.79. The highest BCUT2D eigenvalue weighted by Gasteiger charge is 2.07. The van der Waals surface area contributed by atoms with E-state index in [2.05, 4.69) is 27.1 Å². The number of benzene rings is 1. The molecule has 0 saturated heterocycles. The van der Waals surface area contributed by atoms with Gasteiger partial charge in [-0.1, -0.05) is 18.2 Å². The predicted octanol–water partition coefficient (Wildman–Crippen LogP) is 2.52. The number of methoxy groups -OCH3 is 1. The molecule has 0 atom stereocenters. The molecule has 2 N–H and O–H groups in total. The van der Waals surface area contributed by atoms with Crippen molar-refractivity contribution in [1.29, 1.82) is 0 Å². The normalized spacial score (nSPS) is 10.7. The van der Waals surface area contributed by atoms with Gasteiger partial charge in [0, 0.05) is 25.5 Å². The van der Waals surface area contributed by atoms with Crippen molar-refractivity contribution in [3.05, 3.63) is 57.8 Å². The number of aliphatic imine (C=N–C) groups is 1. The highest BCUT2D eigenvalue weighted by atomic mass is 127. The van der Waals surface area contributed by atoms with E-state index in [0.717, 1.165) is 12.0 Å². The van der Waals surface area contributed by atoms with E-state index in [-0.39, 0.29) is 42.4 Å². The zero-order chi connectivity index (χ0) is 20.4. The Balaban J connectivity index is 0.00000420. The number of nitrogens with zero attached hydrogens (tertiary/aromatic N) is 2. The Labute approximate surface area is 192 Å². The van der Waals surface area contributed by atoms with Crippen LogP contribution in [0.1, 0.15) is 20.8 Å². The molecule has 0 bridgehead atoms. The second-order valence-electron chi connectivity index (χ2n) is 6.25. The lowest BCUT2D eigenvalue weighted by molar-refractivity contribution is -0.127. The van der Waals surface area contributed by atoms with Crippen molar-refractivity contribution in [1.82, 2.24) is 15.5 Å². The molecule has 0 radical (unpaired) electrons. The van der Waals surface area contributed by atoms with Gasteiger partial charge in [-0.05, 0) is 35.6 Å². The number of nitrogens with one attached hydrogen (secondary N) is 2. The lowest BCUT2D eigenvalue weighted by atomic mass is 10.1. The monoisotopic (exact) mass is 530 g/mol. The van der Waals surface area contributed by atoms with Gasteiger partial charge in [0.1, 0.15) is 0 Å². The highest BCUT2D eigenvalue weighted by Crippen LogP contribution is 2.08. The number of likely N-dealkylation sites (N-methyl/N-ethyl adjacent to an activating group) is 1. The first-order valence-electron chi connectivity index (χ1n) is 8.91. The summed E-state index contributed by atoms with van der Waals surface area (Å²) in [6, 6.07) is 11.2. The average molecular weight is 530 g/mol. The van der Waals surface area contributed by atoms with Crippen LogP contribution in [-0.4, -0.2) is 57.0 Å². The molecule has 0 saturated carbocycles. The van der Waals surface area contributed by atoms with Crippen LogP contribution < -0.4 is 10.6 Å². The van der Waals surface area contributed by atoms with Gasteiger partial charge >= 0.3 is 5.97 Å². The van der Waals surface area contributed by atoms with Gasteiger partial charge in [-0.15, -0.1) is 35.3 Å². The molecule has 1 heterocycles. The number of carbonyl (C=O) groups is 2. The van der Waals surface area contributed by atoms with E-state index in [9.17, 15) is 9.59 Å². The fraction of sp³-hybridized carbons (Fsp3) is 0.350. The first kappa shape index (κ1) is 24.9. The molecule has 0 aliphatic heterocycles. The van der Waals surface area contributed by atoms with Gasteiger partial charge in [-0.3, -0.25) is 4.79 Å². The van der Waals surface area contributed by atoms with Crippen LogP contribution in [0.2, 0.25) is 0 Å². The van der Waals surface area contributed by atoms with Crippen molar-refractivity contribution in [3.8, 4) is 0 Å². The second kappa shape index (κ2) is 13.2. The smallest absolute Gasteiger partial charge is 0.337 e. The van der Waals surface area contributed by atoms with E-state index in [1.54, 1.807) is 37.6 Å². The Bertz CT molecular complexity index is 793. The third-order valence-electron chi connectivity index (χ3n) is 3.94. The minimum atomic E-state index is -0.366. The van der Waals surface area contributed by atoms with E-state index in [1.807, 2.05) is 18.2 Å². The Morgan fingerprint density at radius 1 is 1.14 bits per heavy atom. The maximum absolute atomic E-state index is 11.9. The lowest BCUT2D eigenvalue weighted by Gasteiger charge is -2.15. The minimum absolute atomic E-state index is 0. The maximum atomic E-state index is 11.9. The van der Waals surface area contributed by atoms with Crippen LogP contribution in [-0.2, 0) is 22.5 Å². The van der Waals surface area contributed by atoms with E-state index in [1.165, 1.54) is 16.9 Å². The number of thiophene rings is 1. The Morgan fingerprint density at radius 2 is 1.86 bits per heavy atom. The van der Waals surface area contributed by atoms with Gasteiger partial charge in [-0.2, -0.15) is 0 Å². The van der Waals surface area contributed by atoms with Crippen LogP contribution in [0.5, 0.6) is 0 Å². The quantitative estimate of drug-likeness (QED) is 0.237. The van der Waals surface area contributed by atoms with Crippen molar-refractivity contribution in [2.45, 2.75) is 13.0 Å². The third-order valence-corrected chi connectivity index (χ3v) is 4.88. The zero-order valence-corrected chi connectivity index (χ0v) is 20.0. The first-order chi connectivity index (χ1) is 13.5. The van der Waals surface area contributed by atoms with E-state index < -0.39 is 0 Å². The van der Waals surface area contributed by atoms with Gasteiger partial charge in [0.2, 0.25) is 5.91 Å². The highest BCUT2D eigenvalue weighted by molar-refractivity contribution is 14.0. The largest absolute Gasteiger partial charge is 0.465 e. The summed E-state index contributed by atoms with van der Waals surface area (Å²) in [6.07, 6.45) is 0.883. The molecule has 1 amide bonds. The number of guanidine groups is 1. The zero-order valence-electron chi connectivity index (χ0n) is 16.8. The van der Waals surface area contributed by atoms with Gasteiger partial charge in [0.25, 0.3) is 0 Å². The molecule has 0 aliphatic carbocycles. The summed E-state index contributed by atoms with van der Waals surface area (Å²) in [5.74, 6) is 0.175. The number of hydrogen-bond donors (Lipinski definition) is 2. The van der Waals surface area contributed by atoms with Crippen molar-refractivity contribution in [2.75, 3.05) is 34.3 Å². The molecular formula is C20H27IN4O3S. The number of amides is 1. The molecule has 29 heavy (non-hydrogen) atoms. The van der Waals surface area contributed by atoms with Crippen molar-refractivity contribution in [2.24, 2.45) is 4.99 Å². The second-order valence-corrected chi connectivity index (χ2v) is 7.28. The van der Waals surface area contributed by atoms with Gasteiger partial charge < -0.3 is 20.3 Å². The fourth-order valence-corrected chi connectivity index (χ4v) is 2.99. The summed E-state index contributed by atoms with van der Waals surface area (Å²) in [4.78, 5) is 30.7.